The molecular weight excluding hydrogens is 414 g/mol. The van der Waals surface area contributed by atoms with Crippen molar-refractivity contribution in [1.82, 2.24) is 0 Å². The first kappa shape index (κ1) is 22.9. The van der Waals surface area contributed by atoms with E-state index in [9.17, 15) is 14.9 Å². The molecule has 0 unspecified atom stereocenters. The molecule has 3 rings (SSSR count). The molecule has 0 saturated carbocycles. The molecule has 3 aromatic carbocycles. The highest BCUT2D eigenvalue weighted by atomic mass is 16.7. The molecule has 0 aliphatic heterocycles. The number of hydrogen-bond acceptors (Lipinski definition) is 7. The molecule has 0 bridgehead atoms. The van der Waals surface area contributed by atoms with Gasteiger partial charge in [-0.15, -0.1) is 0 Å². The summed E-state index contributed by atoms with van der Waals surface area (Å²) < 4.78 is 21.9. The summed E-state index contributed by atoms with van der Waals surface area (Å²) in [4.78, 5) is 22.4. The Morgan fingerprint density at radius 2 is 1.28 bits per heavy atom. The van der Waals surface area contributed by atoms with Gasteiger partial charge in [0.15, 0.2) is 6.10 Å². The maximum absolute atomic E-state index is 12.2. The Morgan fingerprint density at radius 3 is 1.75 bits per heavy atom. The van der Waals surface area contributed by atoms with Gasteiger partial charge in [0, 0.05) is 12.1 Å². The first-order valence-electron chi connectivity index (χ1n) is 9.96. The van der Waals surface area contributed by atoms with Crippen LogP contribution in [0.15, 0.2) is 84.9 Å². The molecule has 0 spiro atoms. The summed E-state index contributed by atoms with van der Waals surface area (Å²) >= 11 is 0. The van der Waals surface area contributed by atoms with E-state index in [1.165, 1.54) is 24.3 Å². The van der Waals surface area contributed by atoms with E-state index in [4.69, 9.17) is 18.9 Å². The Kier molecular flexibility index (Phi) is 8.73. The second-order valence-corrected chi connectivity index (χ2v) is 6.84. The Bertz CT molecular complexity index is 933. The van der Waals surface area contributed by atoms with E-state index in [0.29, 0.717) is 13.2 Å². The minimum Gasteiger partial charge on any atom is -0.426 e. The molecule has 8 nitrogen and oxygen atoms in total. The van der Waals surface area contributed by atoms with Gasteiger partial charge >= 0.3 is 6.16 Å². The number of ether oxygens (including phenoxy) is 4. The van der Waals surface area contributed by atoms with Crippen molar-refractivity contribution in [3.8, 4) is 5.75 Å². The third-order valence-electron chi connectivity index (χ3n) is 4.34. The van der Waals surface area contributed by atoms with Crippen LogP contribution in [-0.2, 0) is 27.4 Å². The highest BCUT2D eigenvalue weighted by Crippen LogP contribution is 2.18. The van der Waals surface area contributed by atoms with Gasteiger partial charge < -0.3 is 18.9 Å². The Morgan fingerprint density at radius 1 is 0.781 bits per heavy atom. The number of carbonyl (C=O) groups is 1. The zero-order valence-electron chi connectivity index (χ0n) is 17.3. The van der Waals surface area contributed by atoms with Gasteiger partial charge in [-0.3, -0.25) is 10.1 Å². The lowest BCUT2D eigenvalue weighted by molar-refractivity contribution is -0.384. The van der Waals surface area contributed by atoms with Gasteiger partial charge in [-0.2, -0.15) is 0 Å². The second-order valence-electron chi connectivity index (χ2n) is 6.84. The summed E-state index contributed by atoms with van der Waals surface area (Å²) in [6.45, 7) is 0.936. The number of hydrogen-bond donors (Lipinski definition) is 0. The van der Waals surface area contributed by atoms with Gasteiger partial charge in [0.2, 0.25) is 0 Å². The highest BCUT2D eigenvalue weighted by Gasteiger charge is 2.18. The molecule has 0 atom stereocenters. The largest absolute Gasteiger partial charge is 0.514 e. The lowest BCUT2D eigenvalue weighted by atomic mass is 10.2. The Hall–Kier alpha value is -3.75. The van der Waals surface area contributed by atoms with Crippen molar-refractivity contribution in [2.24, 2.45) is 0 Å². The van der Waals surface area contributed by atoms with Gasteiger partial charge in [-0.05, 0) is 23.3 Å². The van der Waals surface area contributed by atoms with E-state index in [1.54, 1.807) is 0 Å². The van der Waals surface area contributed by atoms with Crippen LogP contribution < -0.4 is 4.74 Å². The monoisotopic (exact) mass is 437 g/mol. The SMILES string of the molecule is O=C(Oc1ccc([N+](=O)[O-])cc1)OC(COCc1ccccc1)COCc1ccccc1. The molecule has 166 valence electrons. The summed E-state index contributed by atoms with van der Waals surface area (Å²) in [5, 5.41) is 10.7. The molecule has 3 aromatic rings. The van der Waals surface area contributed by atoms with Crippen LogP contribution in [0, 0.1) is 10.1 Å². The number of nitro groups is 1. The first-order chi connectivity index (χ1) is 15.6. The third kappa shape index (κ3) is 7.82. The fourth-order valence-electron chi connectivity index (χ4n) is 2.77. The van der Waals surface area contributed by atoms with Gasteiger partial charge in [0.05, 0.1) is 31.4 Å². The smallest absolute Gasteiger partial charge is 0.426 e. The van der Waals surface area contributed by atoms with Crippen LogP contribution in [-0.4, -0.2) is 30.4 Å². The molecule has 0 amide bonds. The molecule has 0 heterocycles. The lowest BCUT2D eigenvalue weighted by Crippen LogP contribution is -2.30. The third-order valence-corrected chi connectivity index (χ3v) is 4.34. The molecule has 0 aliphatic carbocycles. The van der Waals surface area contributed by atoms with Gasteiger partial charge in [-0.25, -0.2) is 4.79 Å². The molecule has 0 radical (unpaired) electrons. The van der Waals surface area contributed by atoms with Crippen LogP contribution in [0.25, 0.3) is 0 Å². The van der Waals surface area contributed by atoms with Crippen molar-refractivity contribution in [3.63, 3.8) is 0 Å². The molecule has 0 fully saturated rings. The summed E-state index contributed by atoms with van der Waals surface area (Å²) in [7, 11) is 0. The first-order valence-corrected chi connectivity index (χ1v) is 9.96. The van der Waals surface area contributed by atoms with Gasteiger partial charge in [-0.1, -0.05) is 60.7 Å². The molecule has 8 heteroatoms. The number of benzene rings is 3. The Balaban J connectivity index is 1.53. The van der Waals surface area contributed by atoms with Crippen LogP contribution >= 0.6 is 0 Å². The zero-order valence-corrected chi connectivity index (χ0v) is 17.3. The molecule has 0 saturated heterocycles. The highest BCUT2D eigenvalue weighted by molar-refractivity contribution is 5.64. The van der Waals surface area contributed by atoms with E-state index in [1.807, 2.05) is 60.7 Å². The predicted octanol–water partition coefficient (Wildman–Crippen LogP) is 4.91. The van der Waals surface area contributed by atoms with Crippen molar-refractivity contribution in [3.05, 3.63) is 106 Å². The van der Waals surface area contributed by atoms with Crippen molar-refractivity contribution < 1.29 is 28.7 Å². The fourth-order valence-corrected chi connectivity index (χ4v) is 2.77. The lowest BCUT2D eigenvalue weighted by Gasteiger charge is -2.18. The average Bonchev–Trinajstić information content (AvgIpc) is 2.80. The van der Waals surface area contributed by atoms with Crippen LogP contribution in [0.4, 0.5) is 10.5 Å². The standard InChI is InChI=1S/C24H23NO7/c26-24(31-22-13-11-21(12-14-22)25(27)28)32-23(17-29-15-19-7-3-1-4-8-19)18-30-16-20-9-5-2-6-10-20/h1-14,23H,15-18H2. The molecule has 32 heavy (non-hydrogen) atoms. The predicted molar refractivity (Wildman–Crippen MR) is 116 cm³/mol. The van der Waals surface area contributed by atoms with Crippen LogP contribution in [0.1, 0.15) is 11.1 Å². The molecular formula is C24H23NO7. The van der Waals surface area contributed by atoms with E-state index in [-0.39, 0.29) is 24.7 Å². The van der Waals surface area contributed by atoms with Gasteiger partial charge in [0.25, 0.3) is 5.69 Å². The number of nitrogens with zero attached hydrogens (tertiary/aromatic N) is 1. The van der Waals surface area contributed by atoms with E-state index in [2.05, 4.69) is 0 Å². The number of rotatable bonds is 11. The molecule has 0 aliphatic rings. The molecule has 0 aromatic heterocycles. The summed E-state index contributed by atoms with van der Waals surface area (Å²) in [6.07, 6.45) is -1.65. The minimum absolute atomic E-state index is 0.104. The maximum Gasteiger partial charge on any atom is 0.514 e. The average molecular weight is 437 g/mol. The van der Waals surface area contributed by atoms with Gasteiger partial charge in [0.1, 0.15) is 5.75 Å². The maximum atomic E-state index is 12.2. The van der Waals surface area contributed by atoms with E-state index in [0.717, 1.165) is 11.1 Å². The zero-order chi connectivity index (χ0) is 22.6. The van der Waals surface area contributed by atoms with E-state index >= 15 is 0 Å². The summed E-state index contributed by atoms with van der Waals surface area (Å²) in [5.74, 6) is 0.134. The number of non-ortho nitro benzene ring substituents is 1. The van der Waals surface area contributed by atoms with E-state index < -0.39 is 17.2 Å². The topological polar surface area (TPSA) is 97.1 Å². The molecule has 0 N–H and O–H groups in total. The van der Waals surface area contributed by atoms with Crippen LogP contribution in [0.3, 0.4) is 0 Å². The number of carbonyl (C=O) groups excluding carboxylic acids is 1. The van der Waals surface area contributed by atoms with Crippen molar-refractivity contribution in [2.75, 3.05) is 13.2 Å². The van der Waals surface area contributed by atoms with Crippen LogP contribution in [0.2, 0.25) is 0 Å². The van der Waals surface area contributed by atoms with Crippen molar-refractivity contribution >= 4 is 11.8 Å². The normalized spacial score (nSPS) is 10.7. The quantitative estimate of drug-likeness (QED) is 0.182. The van der Waals surface area contributed by atoms with Crippen molar-refractivity contribution in [2.45, 2.75) is 19.3 Å². The fraction of sp³-hybridized carbons (Fsp3) is 0.208. The van der Waals surface area contributed by atoms with Crippen molar-refractivity contribution in [1.29, 1.82) is 0 Å². The van der Waals surface area contributed by atoms with Crippen LogP contribution in [0.5, 0.6) is 5.75 Å². The second kappa shape index (κ2) is 12.2. The Labute approximate surface area is 185 Å². The minimum atomic E-state index is -0.949. The number of nitro benzene ring substituents is 1. The summed E-state index contributed by atoms with van der Waals surface area (Å²) in [6, 6.07) is 24.4. The summed E-state index contributed by atoms with van der Waals surface area (Å²) in [5.41, 5.74) is 1.88.